The van der Waals surface area contributed by atoms with Gasteiger partial charge in [0.25, 0.3) is 0 Å². The predicted octanol–water partition coefficient (Wildman–Crippen LogP) is 0.717. The fourth-order valence-corrected chi connectivity index (χ4v) is 3.04. The van der Waals surface area contributed by atoms with Crippen LogP contribution < -0.4 is 4.72 Å². The topological polar surface area (TPSA) is 69.6 Å². The van der Waals surface area contributed by atoms with Crippen molar-refractivity contribution in [3.05, 3.63) is 29.3 Å². The number of rotatable bonds is 7. The predicted molar refractivity (Wildman–Crippen MR) is 75.5 cm³/mol. The molecule has 6 heteroatoms. The maximum atomic E-state index is 12.2. The van der Waals surface area contributed by atoms with Crippen LogP contribution in [0.3, 0.4) is 0 Å². The summed E-state index contributed by atoms with van der Waals surface area (Å²) in [7, 11) is -1.58. The van der Waals surface area contributed by atoms with E-state index in [0.717, 1.165) is 6.54 Å². The molecule has 1 rings (SSSR count). The Hall–Kier alpha value is -0.950. The molecule has 0 unspecified atom stereocenters. The molecule has 0 aliphatic carbocycles. The van der Waals surface area contributed by atoms with Gasteiger partial charge in [-0.05, 0) is 37.7 Å². The van der Waals surface area contributed by atoms with Crippen molar-refractivity contribution in [2.45, 2.75) is 25.3 Å². The second-order valence-corrected chi connectivity index (χ2v) is 6.23. The molecule has 0 heterocycles. The Labute approximate surface area is 115 Å². The molecule has 0 amide bonds. The smallest absolute Gasteiger partial charge is 0.240 e. The molecule has 0 spiro atoms. The lowest BCUT2D eigenvalue weighted by Gasteiger charge is -2.15. The standard InChI is InChI=1S/C13H22N2O3S/c1-4-15(3)9-8-14-19(17,18)13-7-5-6-12(10-16)11(13)2/h5-7,14,16H,4,8-10H2,1-3H3. The lowest BCUT2D eigenvalue weighted by atomic mass is 10.1. The molecule has 0 saturated carbocycles. The molecule has 1 aromatic carbocycles. The Morgan fingerprint density at radius 3 is 2.63 bits per heavy atom. The Kier molecular flexibility index (Phi) is 5.93. The highest BCUT2D eigenvalue weighted by molar-refractivity contribution is 7.89. The van der Waals surface area contributed by atoms with Gasteiger partial charge in [0.15, 0.2) is 0 Å². The highest BCUT2D eigenvalue weighted by Gasteiger charge is 2.17. The van der Waals surface area contributed by atoms with Crippen molar-refractivity contribution in [1.82, 2.24) is 9.62 Å². The average molecular weight is 286 g/mol. The molecule has 108 valence electrons. The average Bonchev–Trinajstić information content (AvgIpc) is 2.38. The second kappa shape index (κ2) is 7.00. The monoisotopic (exact) mass is 286 g/mol. The number of hydrogen-bond donors (Lipinski definition) is 2. The van der Waals surface area contributed by atoms with E-state index in [1.807, 2.05) is 18.9 Å². The van der Waals surface area contributed by atoms with Crippen LogP contribution in [0.25, 0.3) is 0 Å². The molecule has 0 atom stereocenters. The summed E-state index contributed by atoms with van der Waals surface area (Å²) < 4.78 is 26.9. The largest absolute Gasteiger partial charge is 0.392 e. The van der Waals surface area contributed by atoms with Crippen molar-refractivity contribution < 1.29 is 13.5 Å². The van der Waals surface area contributed by atoms with Crippen molar-refractivity contribution in [2.24, 2.45) is 0 Å². The van der Waals surface area contributed by atoms with Crippen LogP contribution in [0.1, 0.15) is 18.1 Å². The first-order valence-electron chi connectivity index (χ1n) is 6.30. The highest BCUT2D eigenvalue weighted by Crippen LogP contribution is 2.18. The summed E-state index contributed by atoms with van der Waals surface area (Å²) in [4.78, 5) is 2.26. The number of aliphatic hydroxyl groups is 1. The minimum absolute atomic E-state index is 0.159. The molecular weight excluding hydrogens is 264 g/mol. The van der Waals surface area contributed by atoms with Gasteiger partial charge in [-0.3, -0.25) is 0 Å². The number of nitrogens with zero attached hydrogens (tertiary/aromatic N) is 1. The first-order valence-corrected chi connectivity index (χ1v) is 7.78. The third-order valence-corrected chi connectivity index (χ3v) is 4.79. The van der Waals surface area contributed by atoms with Crippen LogP contribution in [0.2, 0.25) is 0 Å². The summed E-state index contributed by atoms with van der Waals surface area (Å²) in [5, 5.41) is 9.17. The van der Waals surface area contributed by atoms with Gasteiger partial charge in [-0.2, -0.15) is 0 Å². The van der Waals surface area contributed by atoms with Crippen molar-refractivity contribution in [3.63, 3.8) is 0 Å². The van der Waals surface area contributed by atoms with Crippen LogP contribution in [0, 0.1) is 6.92 Å². The van der Waals surface area contributed by atoms with Gasteiger partial charge in [-0.15, -0.1) is 0 Å². The van der Waals surface area contributed by atoms with Crippen LogP contribution >= 0.6 is 0 Å². The van der Waals surface area contributed by atoms with E-state index in [1.165, 1.54) is 0 Å². The minimum Gasteiger partial charge on any atom is -0.392 e. The summed E-state index contributed by atoms with van der Waals surface area (Å²) in [5.41, 5.74) is 1.23. The van der Waals surface area contributed by atoms with E-state index in [9.17, 15) is 8.42 Å². The summed E-state index contributed by atoms with van der Waals surface area (Å²) in [6.07, 6.45) is 0. The van der Waals surface area contributed by atoms with E-state index in [2.05, 4.69) is 4.72 Å². The second-order valence-electron chi connectivity index (χ2n) is 4.49. The molecule has 0 fully saturated rings. The number of hydrogen-bond acceptors (Lipinski definition) is 4. The molecule has 5 nitrogen and oxygen atoms in total. The molecule has 19 heavy (non-hydrogen) atoms. The van der Waals surface area contributed by atoms with E-state index in [4.69, 9.17) is 5.11 Å². The van der Waals surface area contributed by atoms with Crippen molar-refractivity contribution in [1.29, 1.82) is 0 Å². The van der Waals surface area contributed by atoms with Crippen LogP contribution in [-0.4, -0.2) is 45.1 Å². The van der Waals surface area contributed by atoms with Gasteiger partial charge in [0.1, 0.15) is 0 Å². The van der Waals surface area contributed by atoms with Crippen molar-refractivity contribution >= 4 is 10.0 Å². The van der Waals surface area contributed by atoms with Gasteiger partial charge >= 0.3 is 0 Å². The summed E-state index contributed by atoms with van der Waals surface area (Å²) >= 11 is 0. The maximum Gasteiger partial charge on any atom is 0.240 e. The molecule has 0 bridgehead atoms. The Morgan fingerprint density at radius 1 is 1.37 bits per heavy atom. The maximum absolute atomic E-state index is 12.2. The van der Waals surface area contributed by atoms with E-state index >= 15 is 0 Å². The lowest BCUT2D eigenvalue weighted by Crippen LogP contribution is -2.33. The Bertz CT molecular complexity index is 515. The number of likely N-dealkylation sites (N-methyl/N-ethyl adjacent to an activating group) is 1. The molecule has 1 aromatic rings. The summed E-state index contributed by atoms with van der Waals surface area (Å²) in [6.45, 7) is 5.47. The third kappa shape index (κ3) is 4.28. The molecule has 0 aliphatic heterocycles. The van der Waals surface area contributed by atoms with Crippen LogP contribution in [-0.2, 0) is 16.6 Å². The van der Waals surface area contributed by atoms with Crippen molar-refractivity contribution in [2.75, 3.05) is 26.7 Å². The fourth-order valence-electron chi connectivity index (χ4n) is 1.73. The summed E-state index contributed by atoms with van der Waals surface area (Å²) in [5.74, 6) is 0. The first-order chi connectivity index (χ1) is 8.92. The van der Waals surface area contributed by atoms with Gasteiger partial charge in [0.2, 0.25) is 10.0 Å². The molecule has 0 saturated heterocycles. The molecule has 0 aliphatic rings. The van der Waals surface area contributed by atoms with Crippen molar-refractivity contribution in [3.8, 4) is 0 Å². The third-order valence-electron chi connectivity index (χ3n) is 3.18. The van der Waals surface area contributed by atoms with Gasteiger partial charge in [-0.25, -0.2) is 13.1 Å². The molecule has 0 aromatic heterocycles. The van der Waals surface area contributed by atoms with E-state index in [1.54, 1.807) is 25.1 Å². The minimum atomic E-state index is -3.52. The van der Waals surface area contributed by atoms with E-state index < -0.39 is 10.0 Å². The molecular formula is C13H22N2O3S. The lowest BCUT2D eigenvalue weighted by molar-refractivity contribution is 0.280. The number of sulfonamides is 1. The number of nitrogens with one attached hydrogen (secondary N) is 1. The van der Waals surface area contributed by atoms with Gasteiger partial charge in [-0.1, -0.05) is 19.1 Å². The zero-order valence-electron chi connectivity index (χ0n) is 11.7. The quantitative estimate of drug-likeness (QED) is 0.775. The van der Waals surface area contributed by atoms with E-state index in [0.29, 0.717) is 24.2 Å². The Balaban J connectivity index is 2.83. The van der Waals surface area contributed by atoms with E-state index in [-0.39, 0.29) is 11.5 Å². The molecule has 2 N–H and O–H groups in total. The summed E-state index contributed by atoms with van der Waals surface area (Å²) in [6, 6.07) is 4.92. The van der Waals surface area contributed by atoms with Gasteiger partial charge in [0, 0.05) is 13.1 Å². The highest BCUT2D eigenvalue weighted by atomic mass is 32.2. The fraction of sp³-hybridized carbons (Fsp3) is 0.538. The zero-order chi connectivity index (χ0) is 14.5. The number of aliphatic hydroxyl groups excluding tert-OH is 1. The SMILES string of the molecule is CCN(C)CCNS(=O)(=O)c1cccc(CO)c1C. The van der Waals surface area contributed by atoms with Crippen LogP contribution in [0.4, 0.5) is 0 Å². The van der Waals surface area contributed by atoms with Gasteiger partial charge in [0.05, 0.1) is 11.5 Å². The Morgan fingerprint density at radius 2 is 2.05 bits per heavy atom. The number of benzene rings is 1. The molecule has 0 radical (unpaired) electrons. The van der Waals surface area contributed by atoms with Crippen LogP contribution in [0.15, 0.2) is 23.1 Å². The van der Waals surface area contributed by atoms with Gasteiger partial charge < -0.3 is 10.0 Å². The van der Waals surface area contributed by atoms with Crippen LogP contribution in [0.5, 0.6) is 0 Å². The normalized spacial score (nSPS) is 12.1. The zero-order valence-corrected chi connectivity index (χ0v) is 12.5. The first kappa shape index (κ1) is 16.1.